The molecule has 1 N–H and O–H groups in total. The summed E-state index contributed by atoms with van der Waals surface area (Å²) in [6, 6.07) is 18.0. The zero-order valence-electron chi connectivity index (χ0n) is 13.1. The van der Waals surface area contributed by atoms with Gasteiger partial charge in [-0.3, -0.25) is 0 Å². The highest BCUT2D eigenvalue weighted by Gasteiger charge is 2.09. The Bertz CT molecular complexity index is 833. The molecular weight excluding hydrogens is 310 g/mol. The Balaban J connectivity index is 1.90. The minimum absolute atomic E-state index is 0.586. The number of rotatable bonds is 5. The molecule has 0 fully saturated rings. The molecule has 0 heterocycles. The molecule has 23 heavy (non-hydrogen) atoms. The van der Waals surface area contributed by atoms with Gasteiger partial charge in [0.25, 0.3) is 0 Å². The van der Waals surface area contributed by atoms with Crippen molar-refractivity contribution in [2.75, 3.05) is 19.5 Å². The molecule has 0 aliphatic carbocycles. The molecule has 0 atom stereocenters. The third-order valence-electron chi connectivity index (χ3n) is 3.84. The van der Waals surface area contributed by atoms with Gasteiger partial charge in [-0.05, 0) is 35.0 Å². The minimum Gasteiger partial charge on any atom is -0.496 e. The first-order valence-electron chi connectivity index (χ1n) is 7.35. The lowest BCUT2D eigenvalue weighted by atomic mass is 10.0. The van der Waals surface area contributed by atoms with E-state index in [-0.39, 0.29) is 0 Å². The van der Waals surface area contributed by atoms with Gasteiger partial charge >= 0.3 is 0 Å². The molecule has 0 saturated heterocycles. The van der Waals surface area contributed by atoms with Crippen molar-refractivity contribution < 1.29 is 9.47 Å². The highest BCUT2D eigenvalue weighted by atomic mass is 35.5. The quantitative estimate of drug-likeness (QED) is 0.705. The summed E-state index contributed by atoms with van der Waals surface area (Å²) in [6.45, 7) is 0.646. The standard InChI is InChI=1S/C19H18ClNO2/c1-22-18-9-7-13-5-3-4-6-15(13)16(18)12-21-14-8-10-19(23-2)17(20)11-14/h3-11,21H,12H2,1-2H3. The normalized spacial score (nSPS) is 10.6. The fraction of sp³-hybridized carbons (Fsp3) is 0.158. The molecule has 0 aromatic heterocycles. The van der Waals surface area contributed by atoms with Crippen LogP contribution in [-0.4, -0.2) is 14.2 Å². The second-order valence-electron chi connectivity index (χ2n) is 5.17. The van der Waals surface area contributed by atoms with Crippen LogP contribution in [0.25, 0.3) is 10.8 Å². The summed E-state index contributed by atoms with van der Waals surface area (Å²) in [5.41, 5.74) is 2.06. The second kappa shape index (κ2) is 6.80. The number of benzene rings is 3. The largest absolute Gasteiger partial charge is 0.496 e. The van der Waals surface area contributed by atoms with Crippen LogP contribution >= 0.6 is 11.6 Å². The molecule has 0 unspecified atom stereocenters. The maximum Gasteiger partial charge on any atom is 0.137 e. The number of halogens is 1. The Morgan fingerprint density at radius 1 is 0.913 bits per heavy atom. The van der Waals surface area contributed by atoms with E-state index in [4.69, 9.17) is 21.1 Å². The van der Waals surface area contributed by atoms with Crippen LogP contribution in [0.4, 0.5) is 5.69 Å². The molecule has 118 valence electrons. The predicted molar refractivity (Wildman–Crippen MR) is 95.8 cm³/mol. The van der Waals surface area contributed by atoms with Gasteiger partial charge in [0.2, 0.25) is 0 Å². The average Bonchev–Trinajstić information content (AvgIpc) is 2.59. The summed E-state index contributed by atoms with van der Waals surface area (Å²) in [5.74, 6) is 1.54. The zero-order chi connectivity index (χ0) is 16.2. The SMILES string of the molecule is COc1ccc(NCc2c(OC)ccc3ccccc23)cc1Cl. The van der Waals surface area contributed by atoms with Gasteiger partial charge in [-0.2, -0.15) is 0 Å². The van der Waals surface area contributed by atoms with Crippen LogP contribution in [-0.2, 0) is 6.54 Å². The molecule has 0 bridgehead atoms. The summed E-state index contributed by atoms with van der Waals surface area (Å²) in [4.78, 5) is 0. The maximum absolute atomic E-state index is 6.18. The third-order valence-corrected chi connectivity index (χ3v) is 4.13. The first-order valence-corrected chi connectivity index (χ1v) is 7.72. The van der Waals surface area contributed by atoms with Crippen LogP contribution in [0.5, 0.6) is 11.5 Å². The topological polar surface area (TPSA) is 30.5 Å². The van der Waals surface area contributed by atoms with Gasteiger partial charge in [0.05, 0.1) is 19.2 Å². The van der Waals surface area contributed by atoms with Crippen molar-refractivity contribution in [2.45, 2.75) is 6.54 Å². The van der Waals surface area contributed by atoms with Gasteiger partial charge < -0.3 is 14.8 Å². The molecule has 0 aliphatic rings. The molecule has 3 aromatic rings. The van der Waals surface area contributed by atoms with E-state index in [0.717, 1.165) is 17.0 Å². The fourth-order valence-electron chi connectivity index (χ4n) is 2.66. The molecular formula is C19H18ClNO2. The van der Waals surface area contributed by atoms with E-state index < -0.39 is 0 Å². The van der Waals surface area contributed by atoms with Gasteiger partial charge in [-0.25, -0.2) is 0 Å². The minimum atomic E-state index is 0.586. The van der Waals surface area contributed by atoms with E-state index in [1.165, 1.54) is 10.8 Å². The summed E-state index contributed by atoms with van der Waals surface area (Å²) >= 11 is 6.18. The fourth-order valence-corrected chi connectivity index (χ4v) is 2.91. The van der Waals surface area contributed by atoms with E-state index in [0.29, 0.717) is 17.3 Å². The van der Waals surface area contributed by atoms with Crippen molar-refractivity contribution in [3.05, 3.63) is 65.2 Å². The number of methoxy groups -OCH3 is 2. The van der Waals surface area contributed by atoms with Crippen LogP contribution in [0.3, 0.4) is 0 Å². The van der Waals surface area contributed by atoms with Crippen molar-refractivity contribution in [2.24, 2.45) is 0 Å². The van der Waals surface area contributed by atoms with Gasteiger partial charge in [-0.15, -0.1) is 0 Å². The number of nitrogens with one attached hydrogen (secondary N) is 1. The summed E-state index contributed by atoms with van der Waals surface area (Å²) in [7, 11) is 3.30. The second-order valence-corrected chi connectivity index (χ2v) is 5.58. The Morgan fingerprint density at radius 3 is 2.39 bits per heavy atom. The predicted octanol–water partition coefficient (Wildman–Crippen LogP) is 5.12. The van der Waals surface area contributed by atoms with Crippen LogP contribution < -0.4 is 14.8 Å². The van der Waals surface area contributed by atoms with Gasteiger partial charge in [0.1, 0.15) is 11.5 Å². The van der Waals surface area contributed by atoms with Crippen LogP contribution in [0.15, 0.2) is 54.6 Å². The van der Waals surface area contributed by atoms with Crippen molar-refractivity contribution in [3.8, 4) is 11.5 Å². The lowest BCUT2D eigenvalue weighted by Crippen LogP contribution is -2.03. The molecule has 4 heteroatoms. The first-order chi connectivity index (χ1) is 11.2. The van der Waals surface area contributed by atoms with E-state index in [2.05, 4.69) is 23.5 Å². The maximum atomic E-state index is 6.18. The van der Waals surface area contributed by atoms with E-state index in [1.54, 1.807) is 14.2 Å². The Labute approximate surface area is 140 Å². The lowest BCUT2D eigenvalue weighted by Gasteiger charge is -2.14. The molecule has 0 radical (unpaired) electrons. The number of anilines is 1. The zero-order valence-corrected chi connectivity index (χ0v) is 13.9. The molecule has 0 saturated carbocycles. The average molecular weight is 328 g/mol. The van der Waals surface area contributed by atoms with Crippen molar-refractivity contribution in [3.63, 3.8) is 0 Å². The molecule has 0 spiro atoms. The van der Waals surface area contributed by atoms with Crippen molar-refractivity contribution >= 4 is 28.1 Å². The Morgan fingerprint density at radius 2 is 1.65 bits per heavy atom. The monoisotopic (exact) mass is 327 g/mol. The van der Waals surface area contributed by atoms with E-state index in [1.807, 2.05) is 36.4 Å². The van der Waals surface area contributed by atoms with Crippen LogP contribution in [0.2, 0.25) is 5.02 Å². The third kappa shape index (κ3) is 3.20. The van der Waals surface area contributed by atoms with Gasteiger partial charge in [0.15, 0.2) is 0 Å². The van der Waals surface area contributed by atoms with Crippen LogP contribution in [0.1, 0.15) is 5.56 Å². The van der Waals surface area contributed by atoms with Crippen molar-refractivity contribution in [1.82, 2.24) is 0 Å². The number of fused-ring (bicyclic) bond motifs is 1. The molecule has 3 rings (SSSR count). The molecule has 0 aliphatic heterocycles. The lowest BCUT2D eigenvalue weighted by molar-refractivity contribution is 0.411. The number of hydrogen-bond acceptors (Lipinski definition) is 3. The van der Waals surface area contributed by atoms with E-state index >= 15 is 0 Å². The summed E-state index contributed by atoms with van der Waals surface area (Å²) in [5, 5.41) is 6.36. The number of ether oxygens (including phenoxy) is 2. The van der Waals surface area contributed by atoms with E-state index in [9.17, 15) is 0 Å². The molecule has 3 nitrogen and oxygen atoms in total. The highest BCUT2D eigenvalue weighted by molar-refractivity contribution is 6.32. The van der Waals surface area contributed by atoms with Gasteiger partial charge in [0, 0.05) is 17.8 Å². The first kappa shape index (κ1) is 15.5. The molecule has 3 aromatic carbocycles. The summed E-state index contributed by atoms with van der Waals surface area (Å²) in [6.07, 6.45) is 0. The smallest absolute Gasteiger partial charge is 0.137 e. The Hall–Kier alpha value is -2.39. The Kier molecular flexibility index (Phi) is 4.58. The molecule has 0 amide bonds. The van der Waals surface area contributed by atoms with Crippen LogP contribution in [0, 0.1) is 0 Å². The summed E-state index contributed by atoms with van der Waals surface area (Å²) < 4.78 is 10.7. The highest BCUT2D eigenvalue weighted by Crippen LogP contribution is 2.30. The number of hydrogen-bond donors (Lipinski definition) is 1. The van der Waals surface area contributed by atoms with Gasteiger partial charge in [-0.1, -0.05) is 41.9 Å². The van der Waals surface area contributed by atoms with Crippen molar-refractivity contribution in [1.29, 1.82) is 0 Å².